The molecule has 1 heterocycles. The zero-order chi connectivity index (χ0) is 12.0. The van der Waals surface area contributed by atoms with Crippen molar-refractivity contribution in [3.63, 3.8) is 0 Å². The summed E-state index contributed by atoms with van der Waals surface area (Å²) in [7, 11) is 1.88. The molecule has 92 valence electrons. The average molecular weight is 290 g/mol. The molecule has 0 fully saturated rings. The van der Waals surface area contributed by atoms with Gasteiger partial charge in [-0.3, -0.25) is 11.3 Å². The summed E-state index contributed by atoms with van der Waals surface area (Å²) < 4.78 is 2.53. The molecule has 0 spiro atoms. The Balaban J connectivity index is 2.54. The highest BCUT2D eigenvalue weighted by Crippen LogP contribution is 2.24. The van der Waals surface area contributed by atoms with Crippen LogP contribution >= 0.6 is 15.9 Å². The number of aromatic nitrogens is 3. The first-order valence-corrected chi connectivity index (χ1v) is 6.51. The molecule has 0 saturated carbocycles. The molecule has 6 heteroatoms. The Morgan fingerprint density at radius 3 is 2.69 bits per heavy atom. The number of unbranched alkanes of at least 4 members (excludes halogenated alkanes) is 3. The normalized spacial score (nSPS) is 13.0. The minimum atomic E-state index is 0.117. The van der Waals surface area contributed by atoms with Crippen LogP contribution in [0.1, 0.15) is 50.8 Å². The monoisotopic (exact) mass is 289 g/mol. The van der Waals surface area contributed by atoms with Crippen molar-refractivity contribution in [2.24, 2.45) is 12.9 Å². The summed E-state index contributed by atoms with van der Waals surface area (Å²) in [4.78, 5) is 0. The lowest BCUT2D eigenvalue weighted by Gasteiger charge is -2.15. The summed E-state index contributed by atoms with van der Waals surface area (Å²) >= 11 is 3.39. The number of nitrogens with one attached hydrogen (secondary N) is 1. The molecule has 1 aromatic heterocycles. The topological polar surface area (TPSA) is 68.8 Å². The van der Waals surface area contributed by atoms with Gasteiger partial charge in [0.1, 0.15) is 0 Å². The molecule has 1 rings (SSSR count). The van der Waals surface area contributed by atoms with E-state index in [2.05, 4.69) is 38.6 Å². The van der Waals surface area contributed by atoms with Gasteiger partial charge in [-0.05, 0) is 22.4 Å². The fourth-order valence-electron chi connectivity index (χ4n) is 1.78. The quantitative estimate of drug-likeness (QED) is 0.458. The van der Waals surface area contributed by atoms with E-state index in [1.54, 1.807) is 4.68 Å². The van der Waals surface area contributed by atoms with Crippen LogP contribution in [0.2, 0.25) is 0 Å². The lowest BCUT2D eigenvalue weighted by molar-refractivity contribution is 0.453. The van der Waals surface area contributed by atoms with Gasteiger partial charge in [-0.25, -0.2) is 4.68 Å². The molecule has 0 radical (unpaired) electrons. The van der Waals surface area contributed by atoms with Gasteiger partial charge in [0.2, 0.25) is 0 Å². The van der Waals surface area contributed by atoms with Gasteiger partial charge < -0.3 is 0 Å². The van der Waals surface area contributed by atoms with Gasteiger partial charge in [0.15, 0.2) is 4.60 Å². The van der Waals surface area contributed by atoms with E-state index in [0.717, 1.165) is 16.7 Å². The predicted octanol–water partition coefficient (Wildman–Crippen LogP) is 2.05. The number of hydrazine groups is 1. The van der Waals surface area contributed by atoms with E-state index in [-0.39, 0.29) is 6.04 Å². The zero-order valence-electron chi connectivity index (χ0n) is 9.91. The number of halogens is 1. The van der Waals surface area contributed by atoms with E-state index in [4.69, 9.17) is 5.84 Å². The molecule has 0 amide bonds. The molecule has 1 atom stereocenters. The maximum Gasteiger partial charge on any atom is 0.153 e. The predicted molar refractivity (Wildman–Crippen MR) is 67.5 cm³/mol. The second-order valence-electron chi connectivity index (χ2n) is 3.96. The smallest absolute Gasteiger partial charge is 0.153 e. The molecule has 16 heavy (non-hydrogen) atoms. The Morgan fingerprint density at radius 1 is 1.44 bits per heavy atom. The van der Waals surface area contributed by atoms with E-state index in [9.17, 15) is 0 Å². The first-order chi connectivity index (χ1) is 7.70. The van der Waals surface area contributed by atoms with Crippen molar-refractivity contribution < 1.29 is 0 Å². The van der Waals surface area contributed by atoms with E-state index in [0.29, 0.717) is 0 Å². The Labute approximate surface area is 105 Å². The molecule has 1 unspecified atom stereocenters. The Kier molecular flexibility index (Phi) is 5.94. The summed E-state index contributed by atoms with van der Waals surface area (Å²) in [5.74, 6) is 5.58. The lowest BCUT2D eigenvalue weighted by Crippen LogP contribution is -2.29. The van der Waals surface area contributed by atoms with E-state index in [1.807, 2.05) is 7.05 Å². The van der Waals surface area contributed by atoms with E-state index < -0.39 is 0 Å². The second-order valence-corrected chi connectivity index (χ2v) is 4.71. The van der Waals surface area contributed by atoms with Crippen LogP contribution < -0.4 is 11.3 Å². The third kappa shape index (κ3) is 3.54. The van der Waals surface area contributed by atoms with Crippen LogP contribution in [0, 0.1) is 0 Å². The lowest BCUT2D eigenvalue weighted by atomic mass is 10.1. The van der Waals surface area contributed by atoms with Crippen LogP contribution in [0.4, 0.5) is 0 Å². The summed E-state index contributed by atoms with van der Waals surface area (Å²) in [6, 6.07) is 0.117. The first kappa shape index (κ1) is 13.6. The van der Waals surface area contributed by atoms with Crippen LogP contribution in [-0.4, -0.2) is 15.0 Å². The number of rotatable bonds is 7. The minimum absolute atomic E-state index is 0.117. The molecular weight excluding hydrogens is 270 g/mol. The largest absolute Gasteiger partial charge is 0.271 e. The molecule has 0 aliphatic heterocycles. The average Bonchev–Trinajstić information content (AvgIpc) is 2.60. The molecule has 1 aromatic rings. The van der Waals surface area contributed by atoms with Crippen LogP contribution in [0.15, 0.2) is 4.60 Å². The van der Waals surface area contributed by atoms with E-state index in [1.165, 1.54) is 25.7 Å². The Bertz CT molecular complexity index is 293. The van der Waals surface area contributed by atoms with Gasteiger partial charge in [-0.2, -0.15) is 0 Å². The van der Waals surface area contributed by atoms with Crippen molar-refractivity contribution in [2.75, 3.05) is 0 Å². The number of nitrogens with zero attached hydrogens (tertiary/aromatic N) is 3. The summed E-state index contributed by atoms with van der Waals surface area (Å²) in [5.41, 5.74) is 3.85. The van der Waals surface area contributed by atoms with E-state index >= 15 is 0 Å². The highest BCUT2D eigenvalue weighted by atomic mass is 79.9. The number of aryl methyl sites for hydroxylation is 1. The van der Waals surface area contributed by atoms with Crippen molar-refractivity contribution in [3.05, 3.63) is 10.3 Å². The Hall–Kier alpha value is -0.460. The SMILES string of the molecule is CCCCCCC(NN)c1c(Br)nnn1C. The van der Waals surface area contributed by atoms with Crippen LogP contribution in [-0.2, 0) is 7.05 Å². The van der Waals surface area contributed by atoms with Gasteiger partial charge in [-0.1, -0.05) is 37.8 Å². The highest BCUT2D eigenvalue weighted by molar-refractivity contribution is 9.10. The maximum atomic E-state index is 5.58. The first-order valence-electron chi connectivity index (χ1n) is 5.71. The summed E-state index contributed by atoms with van der Waals surface area (Å²) in [6.45, 7) is 2.21. The molecule has 0 saturated heterocycles. The fourth-order valence-corrected chi connectivity index (χ4v) is 2.39. The third-order valence-corrected chi connectivity index (χ3v) is 3.27. The molecule has 0 aliphatic carbocycles. The van der Waals surface area contributed by atoms with Crippen molar-refractivity contribution in [1.82, 2.24) is 20.4 Å². The van der Waals surface area contributed by atoms with Crippen LogP contribution in [0.25, 0.3) is 0 Å². The number of nitrogens with two attached hydrogens (primary N) is 1. The summed E-state index contributed by atoms with van der Waals surface area (Å²) in [6.07, 6.45) is 5.95. The molecular formula is C10H20BrN5. The number of hydrogen-bond donors (Lipinski definition) is 2. The second kappa shape index (κ2) is 6.98. The summed E-state index contributed by atoms with van der Waals surface area (Å²) in [5, 5.41) is 7.92. The molecule has 0 aliphatic rings. The molecule has 3 N–H and O–H groups in total. The van der Waals surface area contributed by atoms with Crippen molar-refractivity contribution in [2.45, 2.75) is 45.1 Å². The van der Waals surface area contributed by atoms with Crippen LogP contribution in [0.5, 0.6) is 0 Å². The van der Waals surface area contributed by atoms with Crippen LogP contribution in [0.3, 0.4) is 0 Å². The van der Waals surface area contributed by atoms with Crippen molar-refractivity contribution in [1.29, 1.82) is 0 Å². The molecule has 0 bridgehead atoms. The highest BCUT2D eigenvalue weighted by Gasteiger charge is 2.18. The van der Waals surface area contributed by atoms with Gasteiger partial charge in [0.25, 0.3) is 0 Å². The Morgan fingerprint density at radius 2 is 2.19 bits per heavy atom. The third-order valence-electron chi connectivity index (χ3n) is 2.70. The number of hydrogen-bond acceptors (Lipinski definition) is 4. The van der Waals surface area contributed by atoms with Crippen molar-refractivity contribution in [3.8, 4) is 0 Å². The standard InChI is InChI=1S/C10H20BrN5/c1-3-4-5-6-7-8(13-12)9-10(11)14-15-16(9)2/h8,13H,3-7,12H2,1-2H3. The minimum Gasteiger partial charge on any atom is -0.271 e. The van der Waals surface area contributed by atoms with Gasteiger partial charge in [-0.15, -0.1) is 5.10 Å². The molecule has 5 nitrogen and oxygen atoms in total. The molecule has 0 aromatic carbocycles. The van der Waals surface area contributed by atoms with Gasteiger partial charge in [0.05, 0.1) is 11.7 Å². The zero-order valence-corrected chi connectivity index (χ0v) is 11.5. The van der Waals surface area contributed by atoms with Gasteiger partial charge in [0, 0.05) is 7.05 Å². The van der Waals surface area contributed by atoms with Gasteiger partial charge >= 0.3 is 0 Å². The maximum absolute atomic E-state index is 5.58. The fraction of sp³-hybridized carbons (Fsp3) is 0.800. The van der Waals surface area contributed by atoms with Crippen molar-refractivity contribution >= 4 is 15.9 Å².